The van der Waals surface area contributed by atoms with E-state index in [1.165, 1.54) is 0 Å². The van der Waals surface area contributed by atoms with E-state index in [0.717, 1.165) is 31.2 Å². The highest BCUT2D eigenvalue weighted by molar-refractivity contribution is 5.97. The van der Waals surface area contributed by atoms with Gasteiger partial charge in [-0.3, -0.25) is 4.79 Å². The monoisotopic (exact) mass is 324 g/mol. The third kappa shape index (κ3) is 2.17. The molecule has 24 heavy (non-hydrogen) atoms. The van der Waals surface area contributed by atoms with E-state index in [4.69, 9.17) is 4.52 Å². The van der Waals surface area contributed by atoms with Crippen molar-refractivity contribution in [3.05, 3.63) is 35.5 Å². The zero-order chi connectivity index (χ0) is 16.1. The molecular formula is C16H16N6O2. The van der Waals surface area contributed by atoms with Gasteiger partial charge in [-0.2, -0.15) is 20.4 Å². The lowest BCUT2D eigenvalue weighted by Crippen LogP contribution is -2.31. The number of carbonyl (C=O) groups excluding carboxylic acids is 1. The lowest BCUT2D eigenvalue weighted by molar-refractivity contribution is 0.0728. The van der Waals surface area contributed by atoms with Gasteiger partial charge in [0.05, 0.1) is 6.04 Å². The molecule has 2 fully saturated rings. The first-order chi connectivity index (χ1) is 11.8. The van der Waals surface area contributed by atoms with Gasteiger partial charge in [0.25, 0.3) is 5.91 Å². The fourth-order valence-electron chi connectivity index (χ4n) is 3.30. The molecule has 0 unspecified atom stereocenters. The molecule has 0 radical (unpaired) electrons. The molecule has 2 aromatic heterocycles. The molecule has 1 amide bonds. The van der Waals surface area contributed by atoms with Crippen LogP contribution in [0.4, 0.5) is 0 Å². The summed E-state index contributed by atoms with van der Waals surface area (Å²) in [4.78, 5) is 19.3. The fourth-order valence-corrected chi connectivity index (χ4v) is 3.30. The molecule has 1 aromatic carbocycles. The molecule has 1 N–H and O–H groups in total. The van der Waals surface area contributed by atoms with Crippen molar-refractivity contribution in [2.45, 2.75) is 37.6 Å². The maximum Gasteiger partial charge on any atom is 0.254 e. The average Bonchev–Trinajstić information content (AvgIpc) is 3.06. The van der Waals surface area contributed by atoms with Crippen molar-refractivity contribution in [3.63, 3.8) is 0 Å². The number of aromatic nitrogens is 5. The Bertz CT molecular complexity index is 912. The van der Waals surface area contributed by atoms with Crippen LogP contribution >= 0.6 is 0 Å². The Kier molecular flexibility index (Phi) is 2.91. The lowest BCUT2D eigenvalue weighted by Gasteiger charge is -2.22. The van der Waals surface area contributed by atoms with Crippen molar-refractivity contribution in [1.82, 2.24) is 30.5 Å². The largest absolute Gasteiger partial charge is 0.339 e. The molecule has 0 spiro atoms. The minimum absolute atomic E-state index is 0.0276. The number of carbonyl (C=O) groups is 1. The number of hydrogen-bond acceptors (Lipinski definition) is 6. The summed E-state index contributed by atoms with van der Waals surface area (Å²) < 4.78 is 5.36. The second kappa shape index (κ2) is 5.12. The second-order valence-corrected chi connectivity index (χ2v) is 6.45. The number of hydrogen-bond donors (Lipinski definition) is 1. The van der Waals surface area contributed by atoms with Gasteiger partial charge in [0.2, 0.25) is 5.89 Å². The van der Waals surface area contributed by atoms with Gasteiger partial charge in [-0.1, -0.05) is 5.16 Å². The summed E-state index contributed by atoms with van der Waals surface area (Å²) in [6.07, 6.45) is 4.04. The van der Waals surface area contributed by atoms with Crippen LogP contribution in [0.5, 0.6) is 0 Å². The molecule has 3 aromatic rings. The highest BCUT2D eigenvalue weighted by Gasteiger charge is 2.36. The van der Waals surface area contributed by atoms with Gasteiger partial charge in [0.1, 0.15) is 11.0 Å². The van der Waals surface area contributed by atoms with Crippen molar-refractivity contribution in [3.8, 4) is 0 Å². The van der Waals surface area contributed by atoms with Gasteiger partial charge in [-0.05, 0) is 43.9 Å². The van der Waals surface area contributed by atoms with Gasteiger partial charge in [0.15, 0.2) is 5.82 Å². The Morgan fingerprint density at radius 2 is 2.08 bits per heavy atom. The molecule has 1 aliphatic carbocycles. The molecule has 5 rings (SSSR count). The number of benzene rings is 1. The summed E-state index contributed by atoms with van der Waals surface area (Å²) >= 11 is 0. The van der Waals surface area contributed by atoms with Crippen LogP contribution in [-0.4, -0.2) is 42.9 Å². The van der Waals surface area contributed by atoms with Gasteiger partial charge < -0.3 is 9.42 Å². The fraction of sp³-hybridized carbons (Fsp3) is 0.438. The molecule has 8 heteroatoms. The van der Waals surface area contributed by atoms with Crippen LogP contribution in [0.25, 0.3) is 11.0 Å². The minimum Gasteiger partial charge on any atom is -0.339 e. The van der Waals surface area contributed by atoms with E-state index in [1.807, 2.05) is 4.90 Å². The highest BCUT2D eigenvalue weighted by Crippen LogP contribution is 2.40. The number of nitrogens with one attached hydrogen (secondary N) is 1. The average molecular weight is 324 g/mol. The maximum atomic E-state index is 12.9. The first kappa shape index (κ1) is 13.6. The SMILES string of the molecule is O=C(c1ccc2n[nH]nc2c1)N1CCC[C@@H]1c1noc(C2CC2)n1. The zero-order valence-corrected chi connectivity index (χ0v) is 13.0. The summed E-state index contributed by atoms with van der Waals surface area (Å²) in [5.74, 6) is 1.74. The van der Waals surface area contributed by atoms with E-state index in [0.29, 0.717) is 35.3 Å². The summed E-state index contributed by atoms with van der Waals surface area (Å²) in [5.41, 5.74) is 2.04. The van der Waals surface area contributed by atoms with Gasteiger partial charge in [-0.25, -0.2) is 0 Å². The molecule has 1 aliphatic heterocycles. The number of H-pyrrole nitrogens is 1. The van der Waals surface area contributed by atoms with Crippen molar-refractivity contribution >= 4 is 16.9 Å². The van der Waals surface area contributed by atoms with E-state index >= 15 is 0 Å². The summed E-state index contributed by atoms with van der Waals surface area (Å²) in [7, 11) is 0. The first-order valence-corrected chi connectivity index (χ1v) is 8.24. The predicted molar refractivity (Wildman–Crippen MR) is 83.2 cm³/mol. The van der Waals surface area contributed by atoms with E-state index in [-0.39, 0.29) is 11.9 Å². The topological polar surface area (TPSA) is 101 Å². The molecule has 2 aliphatic rings. The maximum absolute atomic E-state index is 12.9. The quantitative estimate of drug-likeness (QED) is 0.792. The van der Waals surface area contributed by atoms with Crippen molar-refractivity contribution in [2.75, 3.05) is 6.54 Å². The van der Waals surface area contributed by atoms with E-state index in [1.54, 1.807) is 18.2 Å². The summed E-state index contributed by atoms with van der Waals surface area (Å²) in [5, 5.41) is 14.7. The van der Waals surface area contributed by atoms with Gasteiger partial charge in [-0.15, -0.1) is 0 Å². The summed E-state index contributed by atoms with van der Waals surface area (Å²) in [6, 6.07) is 5.25. The van der Waals surface area contributed by atoms with Crippen LogP contribution in [0.1, 0.15) is 59.7 Å². The van der Waals surface area contributed by atoms with E-state index in [2.05, 4.69) is 25.6 Å². The number of amides is 1. The molecule has 3 heterocycles. The van der Waals surface area contributed by atoms with E-state index < -0.39 is 0 Å². The van der Waals surface area contributed by atoms with Crippen molar-refractivity contribution in [2.24, 2.45) is 0 Å². The Morgan fingerprint density at radius 3 is 2.96 bits per heavy atom. The van der Waals surface area contributed by atoms with Gasteiger partial charge >= 0.3 is 0 Å². The smallest absolute Gasteiger partial charge is 0.254 e. The Morgan fingerprint density at radius 1 is 1.21 bits per heavy atom. The summed E-state index contributed by atoms with van der Waals surface area (Å²) in [6.45, 7) is 0.702. The van der Waals surface area contributed by atoms with Gasteiger partial charge in [0, 0.05) is 18.0 Å². The number of likely N-dealkylation sites (tertiary alicyclic amines) is 1. The number of rotatable bonds is 3. The van der Waals surface area contributed by atoms with Crippen LogP contribution in [-0.2, 0) is 0 Å². The Hall–Kier alpha value is -2.77. The molecule has 1 saturated carbocycles. The van der Waals surface area contributed by atoms with Crippen LogP contribution in [0, 0.1) is 0 Å². The standard InChI is InChI=1S/C16H16N6O2/c23-16(10-5-6-11-12(8-10)19-21-18-11)22-7-1-2-13(22)14-17-15(24-20-14)9-3-4-9/h5-6,8-9,13H,1-4,7H2,(H,18,19,21)/t13-/m1/s1. The van der Waals surface area contributed by atoms with E-state index in [9.17, 15) is 4.79 Å². The molecular weight excluding hydrogens is 308 g/mol. The van der Waals surface area contributed by atoms with Crippen LogP contribution in [0.3, 0.4) is 0 Å². The molecule has 1 saturated heterocycles. The van der Waals surface area contributed by atoms with Crippen LogP contribution in [0.2, 0.25) is 0 Å². The normalized spacial score (nSPS) is 20.8. The number of nitrogens with zero attached hydrogens (tertiary/aromatic N) is 5. The molecule has 122 valence electrons. The third-order valence-corrected chi connectivity index (χ3v) is 4.76. The van der Waals surface area contributed by atoms with Crippen molar-refractivity contribution < 1.29 is 9.32 Å². The third-order valence-electron chi connectivity index (χ3n) is 4.76. The Labute approximate surface area is 137 Å². The number of aromatic amines is 1. The molecule has 0 bridgehead atoms. The van der Waals surface area contributed by atoms with Crippen LogP contribution < -0.4 is 0 Å². The second-order valence-electron chi connectivity index (χ2n) is 6.45. The van der Waals surface area contributed by atoms with Crippen LogP contribution in [0.15, 0.2) is 22.7 Å². The number of fused-ring (bicyclic) bond motifs is 1. The van der Waals surface area contributed by atoms with Crippen molar-refractivity contribution in [1.29, 1.82) is 0 Å². The Balaban J connectivity index is 1.43. The minimum atomic E-state index is -0.109. The predicted octanol–water partition coefficient (Wildman–Crippen LogP) is 2.20. The molecule has 1 atom stereocenters. The first-order valence-electron chi connectivity index (χ1n) is 8.24. The lowest BCUT2D eigenvalue weighted by atomic mass is 10.1. The zero-order valence-electron chi connectivity index (χ0n) is 13.0. The highest BCUT2D eigenvalue weighted by atomic mass is 16.5. The molecule has 8 nitrogen and oxygen atoms in total.